The zero-order valence-electron chi connectivity index (χ0n) is 31.9. The summed E-state index contributed by atoms with van der Waals surface area (Å²) < 4.78 is 0. The number of rotatable bonds is 2. The molecule has 2 aliphatic rings. The highest BCUT2D eigenvalue weighted by Crippen LogP contribution is 2.57. The van der Waals surface area contributed by atoms with E-state index in [1.54, 1.807) is 0 Å². The Kier molecular flexibility index (Phi) is 5.52. The first-order valence-electron chi connectivity index (χ1n) is 20.2. The third-order valence-electron chi connectivity index (χ3n) is 14.0. The molecule has 0 aliphatic heterocycles. The Hall–Kier alpha value is -7.53. The van der Waals surface area contributed by atoms with Gasteiger partial charge in [0.25, 0.3) is 0 Å². The largest absolute Gasteiger partial charge is 0.192 e. The van der Waals surface area contributed by atoms with Crippen LogP contribution in [0.15, 0.2) is 152 Å². The van der Waals surface area contributed by atoms with Gasteiger partial charge >= 0.3 is 0 Å². The van der Waals surface area contributed by atoms with Crippen LogP contribution in [0.4, 0.5) is 0 Å². The van der Waals surface area contributed by atoms with Crippen molar-refractivity contribution in [3.8, 4) is 50.6 Å². The molecule has 0 bridgehead atoms. The first-order valence-corrected chi connectivity index (χ1v) is 20.2. The van der Waals surface area contributed by atoms with Crippen LogP contribution in [0.3, 0.4) is 0 Å². The van der Waals surface area contributed by atoms with E-state index in [1.165, 1.54) is 147 Å². The molecule has 0 unspecified atom stereocenters. The number of benzene rings is 10. The quantitative estimate of drug-likeness (QED) is 0.174. The lowest BCUT2D eigenvalue weighted by atomic mass is 9.83. The Labute approximate surface area is 332 Å². The van der Waals surface area contributed by atoms with E-state index in [2.05, 4.69) is 166 Å². The highest BCUT2D eigenvalue weighted by atomic mass is 14.3. The van der Waals surface area contributed by atoms with Crippen molar-refractivity contribution in [1.29, 1.82) is 5.26 Å². The normalized spacial score (nSPS) is 12.6. The molecule has 0 radical (unpaired) electrons. The lowest BCUT2D eigenvalue weighted by Crippen LogP contribution is -1.92. The van der Waals surface area contributed by atoms with Crippen molar-refractivity contribution in [2.45, 2.75) is 13.8 Å². The van der Waals surface area contributed by atoms with E-state index in [1.807, 2.05) is 6.07 Å². The topological polar surface area (TPSA) is 23.8 Å². The minimum absolute atomic E-state index is 0.699. The summed E-state index contributed by atoms with van der Waals surface area (Å²) in [7, 11) is 0. The highest BCUT2D eigenvalue weighted by Gasteiger charge is 2.30. The molecule has 12 aromatic carbocycles. The summed E-state index contributed by atoms with van der Waals surface area (Å²) in [5.41, 5.74) is 13.8. The van der Waals surface area contributed by atoms with Crippen molar-refractivity contribution in [1.82, 2.24) is 0 Å². The number of aryl methyl sites for hydroxylation is 2. The van der Waals surface area contributed by atoms with Crippen LogP contribution >= 0.6 is 0 Å². The summed E-state index contributed by atoms with van der Waals surface area (Å²) in [5.74, 6) is 0. The lowest BCUT2D eigenvalue weighted by molar-refractivity contribution is 1.43. The molecular weight excluding hydrogens is 699 g/mol. The molecule has 0 N–H and O–H groups in total. The van der Waals surface area contributed by atoms with Crippen molar-refractivity contribution in [3.63, 3.8) is 0 Å². The van der Waals surface area contributed by atoms with Crippen LogP contribution in [0.1, 0.15) is 16.7 Å². The number of hydrogen-bond donors (Lipinski definition) is 0. The van der Waals surface area contributed by atoms with Gasteiger partial charge in [-0.1, -0.05) is 127 Å². The maximum absolute atomic E-state index is 9.80. The van der Waals surface area contributed by atoms with E-state index >= 15 is 0 Å². The van der Waals surface area contributed by atoms with Crippen LogP contribution in [0.2, 0.25) is 0 Å². The van der Waals surface area contributed by atoms with Gasteiger partial charge in [-0.25, -0.2) is 0 Å². The van der Waals surface area contributed by atoms with E-state index in [0.717, 1.165) is 5.22 Å². The van der Waals surface area contributed by atoms with E-state index < -0.39 is 0 Å². The second kappa shape index (κ2) is 10.4. The summed E-state index contributed by atoms with van der Waals surface area (Å²) >= 11 is 0. The molecule has 0 heterocycles. The second-order valence-electron chi connectivity index (χ2n) is 16.6. The predicted molar refractivity (Wildman–Crippen MR) is 243 cm³/mol. The Bertz CT molecular complexity index is 3980. The fourth-order valence-corrected chi connectivity index (χ4v) is 11.6. The Balaban J connectivity index is 1.25. The molecule has 0 atom stereocenters. The molecule has 0 amide bonds. The standard InChI is InChI=1S/C57H31N/c1-29-9-3-5-11-32(29)50-48-26-46-41-18-17-39-36-16-15-31(28-58)25-45(36)40-19-20-42(54(41)53(39)40)47(46)27-49(48)51(33-12-6-4-10-30(33)2)57-44-24-22-38-35-14-8-7-13-34(35)37-21-23-43(56(50)57)55(44)52(37)38/h3-27H,1-2H3. The molecule has 0 aromatic heterocycles. The monoisotopic (exact) mass is 729 g/mol. The second-order valence-corrected chi connectivity index (χ2v) is 16.6. The zero-order valence-corrected chi connectivity index (χ0v) is 31.9. The van der Waals surface area contributed by atoms with Crippen LogP contribution in [0, 0.1) is 46.1 Å². The maximum Gasteiger partial charge on any atom is 0.0991 e. The van der Waals surface area contributed by atoms with Gasteiger partial charge in [0.15, 0.2) is 0 Å². The van der Waals surface area contributed by atoms with Gasteiger partial charge in [-0.05, 0) is 190 Å². The molecule has 0 saturated carbocycles. The summed E-state index contributed by atoms with van der Waals surface area (Å²) in [4.78, 5) is 0. The van der Waals surface area contributed by atoms with E-state index in [4.69, 9.17) is 0 Å². The van der Waals surface area contributed by atoms with Gasteiger partial charge in [-0.2, -0.15) is 5.26 Å². The fraction of sp³-hybridized carbons (Fsp3) is 0.0351. The van der Waals surface area contributed by atoms with Gasteiger partial charge in [0.05, 0.1) is 11.6 Å². The highest BCUT2D eigenvalue weighted by molar-refractivity contribution is 6.44. The van der Waals surface area contributed by atoms with Gasteiger partial charge in [-0.15, -0.1) is 0 Å². The van der Waals surface area contributed by atoms with E-state index in [0.29, 0.717) is 5.56 Å². The van der Waals surface area contributed by atoms with Crippen molar-refractivity contribution >= 4 is 75.4 Å². The van der Waals surface area contributed by atoms with Crippen LogP contribution in [-0.2, 0) is 0 Å². The average Bonchev–Trinajstić information content (AvgIpc) is 3.97. The smallest absolute Gasteiger partial charge is 0.0991 e. The molecule has 0 fully saturated rings. The molecule has 12 aromatic rings. The molecule has 0 spiro atoms. The van der Waals surface area contributed by atoms with Gasteiger partial charge in [0, 0.05) is 0 Å². The van der Waals surface area contributed by atoms with Crippen LogP contribution in [0.25, 0.3) is 120 Å². The first kappa shape index (κ1) is 30.7. The van der Waals surface area contributed by atoms with Gasteiger partial charge in [-0.3, -0.25) is 0 Å². The van der Waals surface area contributed by atoms with E-state index in [-0.39, 0.29) is 0 Å². The van der Waals surface area contributed by atoms with Gasteiger partial charge in [0.1, 0.15) is 0 Å². The molecule has 0 saturated heterocycles. The van der Waals surface area contributed by atoms with Crippen molar-refractivity contribution in [2.75, 3.05) is 0 Å². The average molecular weight is 730 g/mol. The first-order chi connectivity index (χ1) is 28.6. The van der Waals surface area contributed by atoms with Gasteiger partial charge < -0.3 is 0 Å². The number of fused-ring (bicyclic) bond motifs is 11. The Morgan fingerprint density at radius 1 is 0.310 bits per heavy atom. The minimum atomic E-state index is 0.699. The molecule has 1 nitrogen and oxygen atoms in total. The van der Waals surface area contributed by atoms with Crippen molar-refractivity contribution in [2.24, 2.45) is 0 Å². The van der Waals surface area contributed by atoms with Gasteiger partial charge in [0.2, 0.25) is 0 Å². The summed E-state index contributed by atoms with van der Waals surface area (Å²) in [6.07, 6.45) is 0. The lowest BCUT2D eigenvalue weighted by Gasteiger charge is -2.19. The van der Waals surface area contributed by atoms with Crippen molar-refractivity contribution in [3.05, 3.63) is 189 Å². The fourth-order valence-electron chi connectivity index (χ4n) is 11.6. The Morgan fingerprint density at radius 2 is 0.776 bits per heavy atom. The molecular formula is C57H31N. The molecule has 14 rings (SSSR count). The summed E-state index contributed by atoms with van der Waals surface area (Å²) in [6, 6.07) is 59.4. The minimum Gasteiger partial charge on any atom is -0.192 e. The predicted octanol–water partition coefficient (Wildman–Crippen LogP) is 15.0. The van der Waals surface area contributed by atoms with E-state index in [9.17, 15) is 5.26 Å². The van der Waals surface area contributed by atoms with Crippen molar-refractivity contribution < 1.29 is 0 Å². The van der Waals surface area contributed by atoms with Crippen LogP contribution in [0.5, 0.6) is 0 Å². The Morgan fingerprint density at radius 3 is 1.31 bits per heavy atom. The number of hydrogen-bond acceptors (Lipinski definition) is 1. The summed E-state index contributed by atoms with van der Waals surface area (Å²) in [6.45, 7) is 4.54. The number of nitrogens with zero attached hydrogens (tertiary/aromatic N) is 1. The third kappa shape index (κ3) is 3.51. The molecule has 1 heteroatoms. The maximum atomic E-state index is 9.80. The SMILES string of the molecule is Cc1ccccc1-c1c2cc3c(cc2c(-c2ccccc2C)c2c4ccc5c6c(ccc(c12)c64)-c1ccccc1-5)c1ccc2c4c(ccc3c41)=c1ccc(C#N)cc1=2. The molecule has 58 heavy (non-hydrogen) atoms. The summed E-state index contributed by atoms with van der Waals surface area (Å²) in [5, 5.41) is 33.1. The van der Waals surface area contributed by atoms with Crippen LogP contribution < -0.4 is 0 Å². The third-order valence-corrected chi connectivity index (χ3v) is 14.0. The zero-order chi connectivity index (χ0) is 38.1. The number of nitriles is 1. The molecule has 2 aliphatic carbocycles. The molecule has 264 valence electrons. The van der Waals surface area contributed by atoms with Crippen LogP contribution in [-0.4, -0.2) is 0 Å².